The normalized spacial score (nSPS) is 11.5. The summed E-state index contributed by atoms with van der Waals surface area (Å²) in [5, 5.41) is 0.946. The van der Waals surface area contributed by atoms with Crippen molar-refractivity contribution in [3.8, 4) is 5.75 Å². The number of hydrogen-bond acceptors (Lipinski definition) is 2. The molecule has 1 heterocycles. The first-order chi connectivity index (χ1) is 11.3. The van der Waals surface area contributed by atoms with Crippen LogP contribution in [0.25, 0.3) is 17.0 Å². The Balaban J connectivity index is 1.69. The third kappa shape index (κ3) is 3.40. The number of para-hydroxylation sites is 1. The number of ether oxygens (including phenoxy) is 1. The molecule has 1 aromatic heterocycles. The number of carbonyl (C=O) groups excluding carboxylic acids is 1. The molecule has 0 saturated heterocycles. The molecule has 1 N–H and O–H groups in total. The van der Waals surface area contributed by atoms with Crippen LogP contribution in [0.1, 0.15) is 15.9 Å². The Labute approximate surface area is 134 Å². The van der Waals surface area contributed by atoms with Crippen molar-refractivity contribution >= 4 is 22.8 Å². The zero-order valence-electron chi connectivity index (χ0n) is 12.8. The molecule has 0 atom stereocenters. The highest BCUT2D eigenvalue weighted by Crippen LogP contribution is 2.18. The lowest BCUT2D eigenvalue weighted by atomic mass is 10.1. The van der Waals surface area contributed by atoms with Crippen molar-refractivity contribution in [3.05, 3.63) is 84.1 Å². The fourth-order valence-electron chi connectivity index (χ4n) is 2.39. The predicted octanol–water partition coefficient (Wildman–Crippen LogP) is 4.63. The van der Waals surface area contributed by atoms with E-state index in [2.05, 4.69) is 4.98 Å². The Morgan fingerprint density at radius 3 is 2.61 bits per heavy atom. The topological polar surface area (TPSA) is 42.1 Å². The molecular weight excluding hydrogens is 286 g/mol. The second kappa shape index (κ2) is 6.79. The quantitative estimate of drug-likeness (QED) is 0.424. The first-order valence-corrected chi connectivity index (χ1v) is 7.37. The fourth-order valence-corrected chi connectivity index (χ4v) is 2.39. The standard InChI is InChI=1S/C20H17NO2/c1-23-16-12-10-15(11-13-16)6-2-5-9-20(22)18-14-21-19-8-4-3-7-17(18)19/h2-14,21H,1H3/b6-2+,9-5+. The van der Waals surface area contributed by atoms with Crippen molar-refractivity contribution in [1.82, 2.24) is 4.98 Å². The van der Waals surface area contributed by atoms with E-state index in [-0.39, 0.29) is 5.78 Å². The van der Waals surface area contributed by atoms with Gasteiger partial charge in [0.25, 0.3) is 0 Å². The lowest BCUT2D eigenvalue weighted by Gasteiger charge is -1.98. The molecule has 0 radical (unpaired) electrons. The molecule has 3 nitrogen and oxygen atoms in total. The summed E-state index contributed by atoms with van der Waals surface area (Å²) in [6, 6.07) is 15.5. The molecule has 0 aliphatic heterocycles. The van der Waals surface area contributed by atoms with E-state index in [1.807, 2.05) is 60.7 Å². The number of aromatic nitrogens is 1. The number of allylic oxidation sites excluding steroid dienone is 3. The third-order valence-electron chi connectivity index (χ3n) is 3.62. The highest BCUT2D eigenvalue weighted by Gasteiger charge is 2.07. The van der Waals surface area contributed by atoms with Crippen molar-refractivity contribution in [3.63, 3.8) is 0 Å². The Bertz CT molecular complexity index is 870. The van der Waals surface area contributed by atoms with Gasteiger partial charge in [-0.2, -0.15) is 0 Å². The van der Waals surface area contributed by atoms with Crippen LogP contribution in [0.15, 0.2) is 73.0 Å². The van der Waals surface area contributed by atoms with Gasteiger partial charge in [-0.1, -0.05) is 48.6 Å². The molecule has 0 spiro atoms. The summed E-state index contributed by atoms with van der Waals surface area (Å²) in [6.07, 6.45) is 8.89. The minimum absolute atomic E-state index is 0.0122. The van der Waals surface area contributed by atoms with Crippen LogP contribution in [-0.4, -0.2) is 17.9 Å². The van der Waals surface area contributed by atoms with E-state index < -0.39 is 0 Å². The summed E-state index contributed by atoms with van der Waals surface area (Å²) in [5.74, 6) is 0.814. The molecule has 0 unspecified atom stereocenters. The summed E-state index contributed by atoms with van der Waals surface area (Å²) in [6.45, 7) is 0. The molecule has 114 valence electrons. The number of methoxy groups -OCH3 is 1. The average molecular weight is 303 g/mol. The van der Waals surface area contributed by atoms with Gasteiger partial charge in [-0.3, -0.25) is 4.79 Å². The van der Waals surface area contributed by atoms with Gasteiger partial charge >= 0.3 is 0 Å². The summed E-state index contributed by atoms with van der Waals surface area (Å²) >= 11 is 0. The molecule has 0 amide bonds. The van der Waals surface area contributed by atoms with Crippen LogP contribution >= 0.6 is 0 Å². The van der Waals surface area contributed by atoms with Crippen molar-refractivity contribution in [1.29, 1.82) is 0 Å². The van der Waals surface area contributed by atoms with Crippen LogP contribution in [0.4, 0.5) is 0 Å². The molecule has 3 aromatic rings. The van der Waals surface area contributed by atoms with Crippen LogP contribution in [0.3, 0.4) is 0 Å². The molecule has 0 bridgehead atoms. The van der Waals surface area contributed by atoms with Gasteiger partial charge in [0.05, 0.1) is 7.11 Å². The maximum Gasteiger partial charge on any atom is 0.187 e. The van der Waals surface area contributed by atoms with Gasteiger partial charge in [-0.05, 0) is 29.8 Å². The van der Waals surface area contributed by atoms with Gasteiger partial charge in [-0.25, -0.2) is 0 Å². The van der Waals surface area contributed by atoms with E-state index in [0.29, 0.717) is 5.56 Å². The van der Waals surface area contributed by atoms with Crippen LogP contribution in [-0.2, 0) is 0 Å². The lowest BCUT2D eigenvalue weighted by Crippen LogP contribution is -1.91. The van der Waals surface area contributed by atoms with E-state index in [1.54, 1.807) is 25.5 Å². The van der Waals surface area contributed by atoms with Crippen molar-refractivity contribution in [2.75, 3.05) is 7.11 Å². The molecule has 0 fully saturated rings. The summed E-state index contributed by atoms with van der Waals surface area (Å²) < 4.78 is 5.12. The van der Waals surface area contributed by atoms with Gasteiger partial charge in [0.15, 0.2) is 5.78 Å². The molecule has 3 rings (SSSR count). The Morgan fingerprint density at radius 2 is 1.83 bits per heavy atom. The van der Waals surface area contributed by atoms with Crippen LogP contribution in [0.5, 0.6) is 5.75 Å². The third-order valence-corrected chi connectivity index (χ3v) is 3.62. The van der Waals surface area contributed by atoms with Gasteiger partial charge in [0, 0.05) is 22.7 Å². The number of rotatable bonds is 5. The van der Waals surface area contributed by atoms with Gasteiger partial charge in [0.2, 0.25) is 0 Å². The second-order valence-corrected chi connectivity index (χ2v) is 5.10. The van der Waals surface area contributed by atoms with E-state index >= 15 is 0 Å². The van der Waals surface area contributed by atoms with Crippen molar-refractivity contribution in [2.45, 2.75) is 0 Å². The number of carbonyl (C=O) groups is 1. The SMILES string of the molecule is COc1ccc(/C=C/C=C/C(=O)c2c[nH]c3ccccc23)cc1. The van der Waals surface area contributed by atoms with Crippen molar-refractivity contribution in [2.24, 2.45) is 0 Å². The zero-order valence-corrected chi connectivity index (χ0v) is 12.8. The van der Waals surface area contributed by atoms with Crippen molar-refractivity contribution < 1.29 is 9.53 Å². The molecule has 2 aromatic carbocycles. The van der Waals surface area contributed by atoms with Gasteiger partial charge < -0.3 is 9.72 Å². The molecule has 0 aliphatic rings. The van der Waals surface area contributed by atoms with Gasteiger partial charge in [0.1, 0.15) is 5.75 Å². The van der Waals surface area contributed by atoms with Crippen LogP contribution < -0.4 is 4.74 Å². The molecule has 0 aliphatic carbocycles. The largest absolute Gasteiger partial charge is 0.497 e. The Morgan fingerprint density at radius 1 is 1.04 bits per heavy atom. The van der Waals surface area contributed by atoms with E-state index in [4.69, 9.17) is 4.74 Å². The highest BCUT2D eigenvalue weighted by molar-refractivity contribution is 6.13. The van der Waals surface area contributed by atoms with E-state index in [9.17, 15) is 4.79 Å². The molecule has 23 heavy (non-hydrogen) atoms. The van der Waals surface area contributed by atoms with E-state index in [1.165, 1.54) is 0 Å². The number of H-pyrrole nitrogens is 1. The number of aromatic amines is 1. The van der Waals surface area contributed by atoms with Crippen LogP contribution in [0, 0.1) is 0 Å². The smallest absolute Gasteiger partial charge is 0.187 e. The summed E-state index contributed by atoms with van der Waals surface area (Å²) in [7, 11) is 1.64. The molecule has 0 saturated carbocycles. The van der Waals surface area contributed by atoms with E-state index in [0.717, 1.165) is 22.2 Å². The number of benzene rings is 2. The summed E-state index contributed by atoms with van der Waals surface area (Å²) in [5.41, 5.74) is 2.71. The second-order valence-electron chi connectivity index (χ2n) is 5.10. The molecule has 3 heteroatoms. The number of nitrogens with one attached hydrogen (secondary N) is 1. The highest BCUT2D eigenvalue weighted by atomic mass is 16.5. The summed E-state index contributed by atoms with van der Waals surface area (Å²) in [4.78, 5) is 15.4. The lowest BCUT2D eigenvalue weighted by molar-refractivity contribution is 0.104. The van der Waals surface area contributed by atoms with Gasteiger partial charge in [-0.15, -0.1) is 0 Å². The predicted molar refractivity (Wildman–Crippen MR) is 93.8 cm³/mol. The Hall–Kier alpha value is -3.07. The first kappa shape index (κ1) is 14.9. The monoisotopic (exact) mass is 303 g/mol. The molecular formula is C20H17NO2. The average Bonchev–Trinajstić information content (AvgIpc) is 3.03. The van der Waals surface area contributed by atoms with Crippen LogP contribution in [0.2, 0.25) is 0 Å². The Kier molecular flexibility index (Phi) is 4.39. The number of ketones is 1. The maximum atomic E-state index is 12.3. The number of hydrogen-bond donors (Lipinski definition) is 1. The first-order valence-electron chi connectivity index (χ1n) is 7.37. The fraction of sp³-hybridized carbons (Fsp3) is 0.0500. The zero-order chi connectivity index (χ0) is 16.1. The minimum atomic E-state index is -0.0122. The minimum Gasteiger partial charge on any atom is -0.497 e. The maximum absolute atomic E-state index is 12.3. The number of fused-ring (bicyclic) bond motifs is 1.